The summed E-state index contributed by atoms with van der Waals surface area (Å²) in [7, 11) is -2.49. The Kier molecular flexibility index (Phi) is 8.00. The molecule has 0 bridgehead atoms. The minimum absolute atomic E-state index is 0.349. The van der Waals surface area contributed by atoms with Crippen molar-refractivity contribution in [1.29, 1.82) is 0 Å². The van der Waals surface area contributed by atoms with Crippen molar-refractivity contribution in [1.82, 2.24) is 0 Å². The molecule has 0 N–H and O–H groups in total. The van der Waals surface area contributed by atoms with Gasteiger partial charge in [-0.05, 0) is 6.42 Å². The molecule has 0 spiro atoms. The summed E-state index contributed by atoms with van der Waals surface area (Å²) in [6.07, 6.45) is -1.33. The predicted molar refractivity (Wildman–Crippen MR) is 75.2 cm³/mol. The van der Waals surface area contributed by atoms with Crippen LogP contribution in [0.5, 0.6) is 0 Å². The Labute approximate surface area is 154 Å². The molecule has 0 aromatic carbocycles. The quantitative estimate of drug-likeness (QED) is 0.298. The highest BCUT2D eigenvalue weighted by atomic mass is 28.3. The van der Waals surface area contributed by atoms with Crippen LogP contribution in [-0.2, 0) is 8.85 Å². The molecule has 0 fully saturated rings. The molecule has 0 aromatic rings. The van der Waals surface area contributed by atoms with E-state index in [9.17, 15) is 52.7 Å². The van der Waals surface area contributed by atoms with Gasteiger partial charge >= 0.3 is 44.8 Å². The second kappa shape index (κ2) is 8.20. The lowest BCUT2D eigenvalue weighted by atomic mass is 9.90. The van der Waals surface area contributed by atoms with Gasteiger partial charge in [-0.2, -0.15) is 52.7 Å². The Balaban J connectivity index is 6.50. The molecule has 0 amide bonds. The van der Waals surface area contributed by atoms with Crippen LogP contribution in [0, 0.1) is 0 Å². The van der Waals surface area contributed by atoms with E-state index in [1.165, 1.54) is 0 Å². The van der Waals surface area contributed by atoms with E-state index < -0.39 is 63.7 Å². The second-order valence-corrected chi connectivity index (χ2v) is 8.53. The summed E-state index contributed by atoms with van der Waals surface area (Å²) in [6.45, 7) is 0.211. The van der Waals surface area contributed by atoms with Crippen molar-refractivity contribution in [2.24, 2.45) is 0 Å². The van der Waals surface area contributed by atoms with E-state index in [0.29, 0.717) is 14.2 Å². The Morgan fingerprint density at radius 3 is 1.32 bits per heavy atom. The minimum Gasteiger partial charge on any atom is -0.400 e. The van der Waals surface area contributed by atoms with Crippen molar-refractivity contribution in [3.05, 3.63) is 0 Å². The third-order valence-electron chi connectivity index (χ3n) is 4.01. The zero-order valence-electron chi connectivity index (χ0n) is 14.9. The first-order valence-corrected chi connectivity index (χ1v) is 9.15. The average Bonchev–Trinajstić information content (AvgIpc) is 2.53. The maximum Gasteiger partial charge on any atom is 0.384 e. The monoisotopic (exact) mass is 462 g/mol. The van der Waals surface area contributed by atoms with Gasteiger partial charge in [0.15, 0.2) is 0 Å². The van der Waals surface area contributed by atoms with E-state index in [-0.39, 0.29) is 6.42 Å². The molecule has 0 saturated carbocycles. The van der Waals surface area contributed by atoms with E-state index >= 15 is 0 Å². The third-order valence-corrected chi connectivity index (χ3v) is 6.35. The van der Waals surface area contributed by atoms with Crippen molar-refractivity contribution in [2.75, 3.05) is 14.2 Å². The Morgan fingerprint density at radius 1 is 0.679 bits per heavy atom. The summed E-state index contributed by atoms with van der Waals surface area (Å²) < 4.78 is 171. The van der Waals surface area contributed by atoms with E-state index in [2.05, 4.69) is 8.85 Å². The van der Waals surface area contributed by atoms with Gasteiger partial charge in [-0.15, -0.1) is 0 Å². The van der Waals surface area contributed by atoms with Gasteiger partial charge in [0.05, 0.1) is 5.54 Å². The Morgan fingerprint density at radius 2 is 1.04 bits per heavy atom. The second-order valence-electron chi connectivity index (χ2n) is 6.04. The molecule has 0 saturated heterocycles. The molecule has 0 radical (unpaired) electrons. The normalized spacial score (nSPS) is 16.6. The van der Waals surface area contributed by atoms with Crippen molar-refractivity contribution in [2.45, 2.75) is 67.8 Å². The number of halogens is 12. The Hall–Kier alpha value is -0.703. The van der Waals surface area contributed by atoms with Gasteiger partial charge in [-0.25, -0.2) is 0 Å². The average molecular weight is 462 g/mol. The van der Waals surface area contributed by atoms with Crippen LogP contribution in [0.4, 0.5) is 52.7 Å². The molecule has 1 atom stereocenters. The summed E-state index contributed by atoms with van der Waals surface area (Å²) in [5.41, 5.74) is -2.86. The highest BCUT2D eigenvalue weighted by Gasteiger charge is 2.90. The smallest absolute Gasteiger partial charge is 0.384 e. The molecule has 0 rings (SSSR count). The molecular formula is C13H18F12O2Si. The minimum atomic E-state index is -7.56. The SMILES string of the molecule is CCCC([SiH](OC)OC)C(F)(F)C(F)(F)C(F)(F)C(F)(F)C(F)(F)C(C)(F)F. The third kappa shape index (κ3) is 3.97. The first-order chi connectivity index (χ1) is 12.2. The van der Waals surface area contributed by atoms with E-state index in [1.54, 1.807) is 0 Å². The zero-order valence-corrected chi connectivity index (χ0v) is 16.1. The molecule has 0 aliphatic heterocycles. The lowest BCUT2D eigenvalue weighted by Crippen LogP contribution is -2.71. The number of alkyl halides is 12. The molecule has 28 heavy (non-hydrogen) atoms. The molecule has 0 aromatic heterocycles. The van der Waals surface area contributed by atoms with Gasteiger partial charge in [0.2, 0.25) is 0 Å². The van der Waals surface area contributed by atoms with Crippen LogP contribution in [0.1, 0.15) is 26.7 Å². The number of hydrogen-bond acceptors (Lipinski definition) is 2. The molecule has 0 aliphatic rings. The molecule has 170 valence electrons. The predicted octanol–water partition coefficient (Wildman–Crippen LogP) is 5.50. The van der Waals surface area contributed by atoms with Crippen LogP contribution < -0.4 is 0 Å². The van der Waals surface area contributed by atoms with Crippen LogP contribution in [0.15, 0.2) is 0 Å². The van der Waals surface area contributed by atoms with Gasteiger partial charge in [0.25, 0.3) is 0 Å². The molecular weight excluding hydrogens is 444 g/mol. The first kappa shape index (κ1) is 27.3. The molecule has 0 heterocycles. The topological polar surface area (TPSA) is 18.5 Å². The highest BCUT2D eigenvalue weighted by Crippen LogP contribution is 2.62. The van der Waals surface area contributed by atoms with E-state index in [1.807, 2.05) is 0 Å². The lowest BCUT2D eigenvalue weighted by Gasteiger charge is -2.43. The molecule has 2 nitrogen and oxygen atoms in total. The maximum absolute atomic E-state index is 14.3. The maximum atomic E-state index is 14.3. The van der Waals surface area contributed by atoms with Crippen molar-refractivity contribution >= 4 is 9.28 Å². The van der Waals surface area contributed by atoms with Crippen molar-refractivity contribution < 1.29 is 61.5 Å². The van der Waals surface area contributed by atoms with Gasteiger partial charge in [0, 0.05) is 21.1 Å². The van der Waals surface area contributed by atoms with Gasteiger partial charge in [-0.3, -0.25) is 0 Å². The van der Waals surface area contributed by atoms with Gasteiger partial charge in [-0.1, -0.05) is 13.3 Å². The Bertz CT molecular complexity index is 516. The molecule has 15 heteroatoms. The van der Waals surface area contributed by atoms with Crippen LogP contribution in [-0.4, -0.2) is 59.0 Å². The fraction of sp³-hybridized carbons (Fsp3) is 1.00. The molecule has 1 unspecified atom stereocenters. The van der Waals surface area contributed by atoms with Gasteiger partial charge < -0.3 is 8.85 Å². The van der Waals surface area contributed by atoms with Crippen LogP contribution in [0.3, 0.4) is 0 Å². The fourth-order valence-corrected chi connectivity index (χ4v) is 4.34. The van der Waals surface area contributed by atoms with Crippen LogP contribution in [0.2, 0.25) is 5.54 Å². The van der Waals surface area contributed by atoms with Crippen molar-refractivity contribution in [3.63, 3.8) is 0 Å². The number of hydrogen-bond donors (Lipinski definition) is 0. The summed E-state index contributed by atoms with van der Waals surface area (Å²) in [6, 6.07) is 0. The summed E-state index contributed by atoms with van der Waals surface area (Å²) in [4.78, 5) is 0. The van der Waals surface area contributed by atoms with Crippen LogP contribution >= 0.6 is 0 Å². The molecule has 0 aliphatic carbocycles. The summed E-state index contributed by atoms with van der Waals surface area (Å²) in [5, 5.41) is 0. The lowest BCUT2D eigenvalue weighted by molar-refractivity contribution is -0.423. The highest BCUT2D eigenvalue weighted by molar-refractivity contribution is 6.46. The van der Waals surface area contributed by atoms with E-state index in [4.69, 9.17) is 0 Å². The van der Waals surface area contributed by atoms with Crippen molar-refractivity contribution in [3.8, 4) is 0 Å². The largest absolute Gasteiger partial charge is 0.400 e. The number of rotatable bonds is 11. The zero-order chi connectivity index (χ0) is 23.0. The summed E-state index contributed by atoms with van der Waals surface area (Å²) >= 11 is 0. The van der Waals surface area contributed by atoms with Gasteiger partial charge in [0.1, 0.15) is 0 Å². The van der Waals surface area contributed by atoms with E-state index in [0.717, 1.165) is 6.92 Å². The fourth-order valence-electron chi connectivity index (χ4n) is 2.34. The standard InChI is InChI=1S/C13H18F12O2Si/c1-5-6-7(28(26-3)27-4)9(16,17)11(20,21)13(24,25)12(22,23)10(18,19)8(2,14)15/h7,28H,5-6H2,1-4H3. The first-order valence-electron chi connectivity index (χ1n) is 7.54. The van der Waals surface area contributed by atoms with Crippen LogP contribution in [0.25, 0.3) is 0 Å². The summed E-state index contributed by atoms with van der Waals surface area (Å²) in [5.74, 6) is -41.3.